The van der Waals surface area contributed by atoms with Gasteiger partial charge in [0.15, 0.2) is 5.65 Å². The maximum absolute atomic E-state index is 13.3. The molecule has 158 valence electrons. The minimum absolute atomic E-state index is 0.282. The van der Waals surface area contributed by atoms with Gasteiger partial charge in [0.25, 0.3) is 5.91 Å². The van der Waals surface area contributed by atoms with Gasteiger partial charge in [0, 0.05) is 11.6 Å². The highest BCUT2D eigenvalue weighted by Gasteiger charge is 2.24. The number of rotatable bonds is 5. The summed E-state index contributed by atoms with van der Waals surface area (Å²) in [5, 5.41) is 3.53. The summed E-state index contributed by atoms with van der Waals surface area (Å²) in [6.07, 6.45) is 0. The zero-order valence-corrected chi connectivity index (χ0v) is 17.9. The molecular formula is C25H20ClN5O. The molecule has 0 aliphatic carbocycles. The summed E-state index contributed by atoms with van der Waals surface area (Å²) in [7, 11) is 0. The van der Waals surface area contributed by atoms with Crippen molar-refractivity contribution in [3.05, 3.63) is 101 Å². The van der Waals surface area contributed by atoms with Crippen LogP contribution in [0.25, 0.3) is 22.2 Å². The molecule has 5 aromatic rings. The molecule has 32 heavy (non-hydrogen) atoms. The van der Waals surface area contributed by atoms with Gasteiger partial charge >= 0.3 is 0 Å². The van der Waals surface area contributed by atoms with Crippen molar-refractivity contribution in [3.8, 4) is 0 Å². The van der Waals surface area contributed by atoms with E-state index in [1.54, 1.807) is 6.07 Å². The Bertz CT molecular complexity index is 1450. The number of carbonyl (C=O) groups excluding carboxylic acids is 1. The van der Waals surface area contributed by atoms with E-state index in [2.05, 4.69) is 5.32 Å². The van der Waals surface area contributed by atoms with Crippen molar-refractivity contribution in [1.82, 2.24) is 19.9 Å². The summed E-state index contributed by atoms with van der Waals surface area (Å²) in [6.45, 7) is 0.762. The number of benzene rings is 3. The van der Waals surface area contributed by atoms with Gasteiger partial charge < -0.3 is 15.6 Å². The maximum atomic E-state index is 13.3. The molecule has 0 atom stereocenters. The van der Waals surface area contributed by atoms with Gasteiger partial charge in [-0.05, 0) is 29.3 Å². The van der Waals surface area contributed by atoms with Gasteiger partial charge in [0.05, 0.1) is 17.6 Å². The molecule has 0 aliphatic heterocycles. The van der Waals surface area contributed by atoms with Crippen molar-refractivity contribution in [1.29, 1.82) is 0 Å². The summed E-state index contributed by atoms with van der Waals surface area (Å²) >= 11 is 6.24. The second-order valence-electron chi connectivity index (χ2n) is 7.49. The fourth-order valence-electron chi connectivity index (χ4n) is 3.77. The molecule has 2 heterocycles. The summed E-state index contributed by atoms with van der Waals surface area (Å²) < 4.78 is 1.84. The SMILES string of the molecule is Nc1c(C(=O)NCc2ccccc2Cl)c2nc3ccccc3nc2n1Cc1ccccc1. The van der Waals surface area contributed by atoms with Crippen LogP contribution in [0.15, 0.2) is 78.9 Å². The lowest BCUT2D eigenvalue weighted by Crippen LogP contribution is -2.24. The Balaban J connectivity index is 1.60. The number of nitrogens with zero attached hydrogens (tertiary/aromatic N) is 3. The molecule has 3 N–H and O–H groups in total. The topological polar surface area (TPSA) is 85.8 Å². The number of nitrogens with two attached hydrogens (primary N) is 1. The van der Waals surface area contributed by atoms with Crippen LogP contribution in [-0.2, 0) is 13.1 Å². The lowest BCUT2D eigenvalue weighted by atomic mass is 10.2. The van der Waals surface area contributed by atoms with Gasteiger partial charge in [-0.1, -0.05) is 72.3 Å². The number of aromatic nitrogens is 3. The number of amides is 1. The number of hydrogen-bond donors (Lipinski definition) is 2. The molecule has 2 aromatic heterocycles. The first-order valence-electron chi connectivity index (χ1n) is 10.2. The minimum Gasteiger partial charge on any atom is -0.384 e. The van der Waals surface area contributed by atoms with Crippen LogP contribution in [0.5, 0.6) is 0 Å². The number of hydrogen-bond acceptors (Lipinski definition) is 4. The molecule has 3 aromatic carbocycles. The highest BCUT2D eigenvalue weighted by Crippen LogP contribution is 2.29. The van der Waals surface area contributed by atoms with E-state index < -0.39 is 0 Å². The first-order chi connectivity index (χ1) is 15.6. The summed E-state index contributed by atoms with van der Waals surface area (Å²) in [4.78, 5) is 22.8. The molecule has 7 heteroatoms. The monoisotopic (exact) mass is 441 g/mol. The molecule has 0 bridgehead atoms. The number of para-hydroxylation sites is 2. The van der Waals surface area contributed by atoms with Gasteiger partial charge in [-0.2, -0.15) is 0 Å². The third kappa shape index (κ3) is 3.65. The van der Waals surface area contributed by atoms with E-state index in [-0.39, 0.29) is 12.5 Å². The first-order valence-corrected chi connectivity index (χ1v) is 10.6. The Kier molecular flexibility index (Phi) is 5.21. The van der Waals surface area contributed by atoms with E-state index >= 15 is 0 Å². The molecule has 0 aliphatic rings. The molecule has 0 spiro atoms. The van der Waals surface area contributed by atoms with E-state index in [4.69, 9.17) is 27.3 Å². The maximum Gasteiger partial charge on any atom is 0.257 e. The standard InChI is InChI=1S/C25H20ClN5O/c26-18-11-5-4-10-17(18)14-28-25(32)21-22-24(30-20-13-7-6-12-19(20)29-22)31(23(21)27)15-16-8-2-1-3-9-16/h1-13H,14-15,27H2,(H,28,32). The first kappa shape index (κ1) is 20.0. The molecule has 0 unspecified atom stereocenters. The molecule has 1 amide bonds. The Morgan fingerprint density at radius 3 is 2.31 bits per heavy atom. The summed E-state index contributed by atoms with van der Waals surface area (Å²) in [5.41, 5.74) is 11.2. The Labute approximate surface area is 189 Å². The Morgan fingerprint density at radius 2 is 1.56 bits per heavy atom. The normalized spacial score (nSPS) is 11.2. The van der Waals surface area contributed by atoms with Crippen molar-refractivity contribution < 1.29 is 4.79 Å². The average Bonchev–Trinajstić information content (AvgIpc) is 3.08. The van der Waals surface area contributed by atoms with Crippen LogP contribution in [0.1, 0.15) is 21.5 Å². The van der Waals surface area contributed by atoms with Gasteiger partial charge in [-0.25, -0.2) is 9.97 Å². The number of anilines is 1. The zero-order chi connectivity index (χ0) is 22.1. The van der Waals surface area contributed by atoms with Gasteiger partial charge in [-0.15, -0.1) is 0 Å². The number of nitrogens with one attached hydrogen (secondary N) is 1. The summed E-state index contributed by atoms with van der Waals surface area (Å²) in [6, 6.07) is 24.9. The third-order valence-electron chi connectivity index (χ3n) is 5.40. The van der Waals surface area contributed by atoms with E-state index in [0.29, 0.717) is 39.6 Å². The molecule has 6 nitrogen and oxygen atoms in total. The minimum atomic E-state index is -0.316. The Morgan fingerprint density at radius 1 is 0.906 bits per heavy atom. The fraction of sp³-hybridized carbons (Fsp3) is 0.0800. The van der Waals surface area contributed by atoms with E-state index in [1.807, 2.05) is 77.4 Å². The molecule has 5 rings (SSSR count). The number of nitrogen functional groups attached to an aromatic ring is 1. The van der Waals surface area contributed by atoms with Gasteiger partial charge in [0.2, 0.25) is 0 Å². The third-order valence-corrected chi connectivity index (χ3v) is 5.77. The van der Waals surface area contributed by atoms with Crippen molar-refractivity contribution in [2.75, 3.05) is 5.73 Å². The quantitative estimate of drug-likeness (QED) is 0.410. The molecular weight excluding hydrogens is 422 g/mol. The average molecular weight is 442 g/mol. The van der Waals surface area contributed by atoms with E-state index in [1.165, 1.54) is 0 Å². The highest BCUT2D eigenvalue weighted by atomic mass is 35.5. The van der Waals surface area contributed by atoms with Crippen LogP contribution in [0, 0.1) is 0 Å². The van der Waals surface area contributed by atoms with E-state index in [0.717, 1.165) is 16.6 Å². The molecule has 0 saturated carbocycles. The number of halogens is 1. The number of carbonyl (C=O) groups is 1. The van der Waals surface area contributed by atoms with Crippen LogP contribution < -0.4 is 11.1 Å². The van der Waals surface area contributed by atoms with Crippen molar-refractivity contribution >= 4 is 45.5 Å². The highest BCUT2D eigenvalue weighted by molar-refractivity contribution is 6.31. The molecule has 0 radical (unpaired) electrons. The number of fused-ring (bicyclic) bond motifs is 2. The van der Waals surface area contributed by atoms with Crippen LogP contribution in [-0.4, -0.2) is 20.4 Å². The van der Waals surface area contributed by atoms with Crippen LogP contribution in [0.4, 0.5) is 5.82 Å². The second-order valence-corrected chi connectivity index (χ2v) is 7.90. The smallest absolute Gasteiger partial charge is 0.257 e. The van der Waals surface area contributed by atoms with Crippen LogP contribution >= 0.6 is 11.6 Å². The lowest BCUT2D eigenvalue weighted by Gasteiger charge is -2.09. The zero-order valence-electron chi connectivity index (χ0n) is 17.1. The van der Waals surface area contributed by atoms with Crippen molar-refractivity contribution in [2.24, 2.45) is 0 Å². The predicted molar refractivity (Wildman–Crippen MR) is 128 cm³/mol. The molecule has 0 saturated heterocycles. The largest absolute Gasteiger partial charge is 0.384 e. The second kappa shape index (κ2) is 8.32. The van der Waals surface area contributed by atoms with E-state index in [9.17, 15) is 4.79 Å². The lowest BCUT2D eigenvalue weighted by molar-refractivity contribution is 0.0953. The molecule has 0 fully saturated rings. The van der Waals surface area contributed by atoms with Gasteiger partial charge in [-0.3, -0.25) is 4.79 Å². The van der Waals surface area contributed by atoms with Crippen molar-refractivity contribution in [3.63, 3.8) is 0 Å². The fourth-order valence-corrected chi connectivity index (χ4v) is 3.98. The van der Waals surface area contributed by atoms with Gasteiger partial charge in [0.1, 0.15) is 16.9 Å². The Hall–Kier alpha value is -3.90. The van der Waals surface area contributed by atoms with Crippen LogP contribution in [0.3, 0.4) is 0 Å². The van der Waals surface area contributed by atoms with Crippen LogP contribution in [0.2, 0.25) is 5.02 Å². The predicted octanol–water partition coefficient (Wildman–Crippen LogP) is 4.80. The van der Waals surface area contributed by atoms with Crippen molar-refractivity contribution in [2.45, 2.75) is 13.1 Å². The summed E-state index contributed by atoms with van der Waals surface area (Å²) in [5.74, 6) is 0.0135.